The highest BCUT2D eigenvalue weighted by molar-refractivity contribution is 5.97. The number of amides is 1. The number of hydrogen-bond donors (Lipinski definition) is 4. The van der Waals surface area contributed by atoms with Gasteiger partial charge in [0.2, 0.25) is 0 Å². The van der Waals surface area contributed by atoms with Crippen LogP contribution in [0.5, 0.6) is 0 Å². The molecule has 0 bridgehead atoms. The maximum absolute atomic E-state index is 11.9. The van der Waals surface area contributed by atoms with Gasteiger partial charge in [0.15, 0.2) is 11.5 Å². The van der Waals surface area contributed by atoms with Crippen molar-refractivity contribution >= 4 is 23.1 Å². The van der Waals surface area contributed by atoms with E-state index in [1.165, 1.54) is 0 Å². The zero-order valence-electron chi connectivity index (χ0n) is 17.0. The van der Waals surface area contributed by atoms with Gasteiger partial charge in [-0.25, -0.2) is 9.67 Å². The molecule has 2 heterocycles. The van der Waals surface area contributed by atoms with Gasteiger partial charge in [0.25, 0.3) is 5.91 Å². The van der Waals surface area contributed by atoms with Crippen LogP contribution in [0.15, 0.2) is 48.8 Å². The monoisotopic (exact) mass is 405 g/mol. The van der Waals surface area contributed by atoms with Gasteiger partial charge in [0.05, 0.1) is 23.3 Å². The van der Waals surface area contributed by atoms with Crippen LogP contribution in [0.2, 0.25) is 0 Å². The lowest BCUT2D eigenvalue weighted by Crippen LogP contribution is -2.42. The van der Waals surface area contributed by atoms with Crippen LogP contribution in [-0.4, -0.2) is 32.8 Å². The predicted molar refractivity (Wildman–Crippen MR) is 118 cm³/mol. The first-order valence-electron chi connectivity index (χ1n) is 10.2. The number of aromatic nitrogens is 3. The molecule has 1 aromatic carbocycles. The van der Waals surface area contributed by atoms with Gasteiger partial charge in [-0.1, -0.05) is 25.0 Å². The van der Waals surface area contributed by atoms with Gasteiger partial charge in [-0.2, -0.15) is 5.10 Å². The Labute approximate surface area is 175 Å². The maximum atomic E-state index is 11.9. The lowest BCUT2D eigenvalue weighted by atomic mass is 9.91. The Kier molecular flexibility index (Phi) is 5.67. The molecule has 6 N–H and O–H groups in total. The third kappa shape index (κ3) is 4.44. The molecule has 2 atom stereocenters. The topological polar surface area (TPSA) is 124 Å². The summed E-state index contributed by atoms with van der Waals surface area (Å²) >= 11 is 0. The molecule has 2 aromatic heterocycles. The molecule has 8 nitrogen and oxygen atoms in total. The van der Waals surface area contributed by atoms with Crippen LogP contribution < -0.4 is 22.1 Å². The number of nitrogens with one attached hydrogen (secondary N) is 2. The third-order valence-electron chi connectivity index (χ3n) is 5.41. The minimum Gasteiger partial charge on any atom is -0.379 e. The normalized spacial score (nSPS) is 18.7. The van der Waals surface area contributed by atoms with Crippen LogP contribution in [0, 0.1) is 6.92 Å². The van der Waals surface area contributed by atoms with Crippen LogP contribution >= 0.6 is 0 Å². The van der Waals surface area contributed by atoms with Gasteiger partial charge in [0, 0.05) is 24.3 Å². The van der Waals surface area contributed by atoms with E-state index in [0.717, 1.165) is 42.6 Å². The highest BCUT2D eigenvalue weighted by Crippen LogP contribution is 2.26. The summed E-state index contributed by atoms with van der Waals surface area (Å²) in [6.45, 7) is 2.04. The van der Waals surface area contributed by atoms with Gasteiger partial charge in [-0.15, -0.1) is 0 Å². The predicted octanol–water partition coefficient (Wildman–Crippen LogP) is 3.10. The van der Waals surface area contributed by atoms with Gasteiger partial charge >= 0.3 is 0 Å². The Morgan fingerprint density at radius 3 is 2.80 bits per heavy atom. The largest absolute Gasteiger partial charge is 0.379 e. The molecule has 30 heavy (non-hydrogen) atoms. The van der Waals surface area contributed by atoms with Crippen molar-refractivity contribution in [3.05, 3.63) is 60.0 Å². The minimum atomic E-state index is -0.600. The standard InChI is InChI=1S/C22H27N7O/c1-14-5-4-6-16(11-14)29-10-9-20(28-29)27-19-12-15(13-25-21(19)22(24)30)26-18-8-3-2-7-17(18)23/h4-6,9-13,17-18,26H,2-3,7-8,23H2,1H3,(H2,24,30)(H,27,28)/t17-,18+/m0/s1. The van der Waals surface area contributed by atoms with Crippen LogP contribution in [0.1, 0.15) is 41.7 Å². The van der Waals surface area contributed by atoms with Crippen molar-refractivity contribution in [1.29, 1.82) is 0 Å². The average Bonchev–Trinajstić information content (AvgIpc) is 3.18. The van der Waals surface area contributed by atoms with Gasteiger partial charge < -0.3 is 22.1 Å². The average molecular weight is 406 g/mol. The van der Waals surface area contributed by atoms with Crippen molar-refractivity contribution in [3.63, 3.8) is 0 Å². The molecule has 1 fully saturated rings. The second kappa shape index (κ2) is 8.54. The molecule has 1 aliphatic rings. The van der Waals surface area contributed by atoms with Crippen molar-refractivity contribution in [2.75, 3.05) is 10.6 Å². The lowest BCUT2D eigenvalue weighted by molar-refractivity contribution is 0.0996. The number of hydrogen-bond acceptors (Lipinski definition) is 6. The Morgan fingerprint density at radius 2 is 2.03 bits per heavy atom. The molecule has 156 valence electrons. The van der Waals surface area contributed by atoms with Crippen molar-refractivity contribution in [1.82, 2.24) is 14.8 Å². The summed E-state index contributed by atoms with van der Waals surface area (Å²) < 4.78 is 1.77. The fourth-order valence-corrected chi connectivity index (χ4v) is 3.83. The first kappa shape index (κ1) is 19.9. The molecule has 0 radical (unpaired) electrons. The molecule has 1 saturated carbocycles. The van der Waals surface area contributed by atoms with Gasteiger partial charge in [0.1, 0.15) is 0 Å². The zero-order chi connectivity index (χ0) is 21.1. The molecule has 1 amide bonds. The number of nitrogens with zero attached hydrogens (tertiary/aromatic N) is 3. The second-order valence-electron chi connectivity index (χ2n) is 7.79. The highest BCUT2D eigenvalue weighted by Gasteiger charge is 2.22. The van der Waals surface area contributed by atoms with Crippen molar-refractivity contribution in [3.8, 4) is 5.69 Å². The molecule has 0 aliphatic heterocycles. The SMILES string of the molecule is Cc1cccc(-n2ccc(Nc3cc(N[C@@H]4CCCC[C@@H]4N)cnc3C(N)=O)n2)c1. The Balaban J connectivity index is 1.57. The molecule has 3 aromatic rings. The van der Waals surface area contributed by atoms with Crippen molar-refractivity contribution in [2.24, 2.45) is 11.5 Å². The summed E-state index contributed by atoms with van der Waals surface area (Å²) in [4.78, 5) is 16.1. The van der Waals surface area contributed by atoms with Crippen molar-refractivity contribution < 1.29 is 4.79 Å². The van der Waals surface area contributed by atoms with Crippen LogP contribution in [-0.2, 0) is 0 Å². The van der Waals surface area contributed by atoms with Crippen molar-refractivity contribution in [2.45, 2.75) is 44.7 Å². The van der Waals surface area contributed by atoms with Gasteiger partial charge in [-0.05, 0) is 43.5 Å². The maximum Gasteiger partial charge on any atom is 0.269 e. The zero-order valence-corrected chi connectivity index (χ0v) is 17.0. The molecule has 0 spiro atoms. The molecule has 4 rings (SSSR count). The number of pyridine rings is 1. The molecular formula is C22H27N7O. The summed E-state index contributed by atoms with van der Waals surface area (Å²) in [5.74, 6) is -0.0103. The van der Waals surface area contributed by atoms with E-state index < -0.39 is 5.91 Å². The third-order valence-corrected chi connectivity index (χ3v) is 5.41. The molecule has 8 heteroatoms. The Hall–Kier alpha value is -3.39. The smallest absolute Gasteiger partial charge is 0.269 e. The van der Waals surface area contributed by atoms with E-state index in [-0.39, 0.29) is 17.8 Å². The fourth-order valence-electron chi connectivity index (χ4n) is 3.83. The van der Waals surface area contributed by atoms with E-state index in [0.29, 0.717) is 11.5 Å². The number of rotatable bonds is 6. The van der Waals surface area contributed by atoms with E-state index in [1.807, 2.05) is 49.5 Å². The highest BCUT2D eigenvalue weighted by atomic mass is 16.1. The summed E-state index contributed by atoms with van der Waals surface area (Å²) in [5.41, 5.74) is 15.4. The van der Waals surface area contributed by atoms with E-state index >= 15 is 0 Å². The van der Waals surface area contributed by atoms with Gasteiger partial charge in [-0.3, -0.25) is 4.79 Å². The van der Waals surface area contributed by atoms with Crippen LogP contribution in [0.3, 0.4) is 0 Å². The number of benzene rings is 1. The fraction of sp³-hybridized carbons (Fsp3) is 0.318. The molecular weight excluding hydrogens is 378 g/mol. The number of primary amides is 1. The minimum absolute atomic E-state index is 0.107. The Morgan fingerprint density at radius 1 is 1.20 bits per heavy atom. The lowest BCUT2D eigenvalue weighted by Gasteiger charge is -2.30. The van der Waals surface area contributed by atoms with E-state index in [2.05, 4.69) is 20.7 Å². The van der Waals surface area contributed by atoms with Crippen LogP contribution in [0.25, 0.3) is 5.69 Å². The van der Waals surface area contributed by atoms with E-state index in [4.69, 9.17) is 11.5 Å². The summed E-state index contributed by atoms with van der Waals surface area (Å²) in [5, 5.41) is 11.2. The number of carbonyl (C=O) groups excluding carboxylic acids is 1. The number of carbonyl (C=O) groups is 1. The van der Waals surface area contributed by atoms with E-state index in [9.17, 15) is 4.79 Å². The first-order chi connectivity index (χ1) is 14.5. The molecule has 0 saturated heterocycles. The second-order valence-corrected chi connectivity index (χ2v) is 7.79. The summed E-state index contributed by atoms with van der Waals surface area (Å²) in [6.07, 6.45) is 7.82. The molecule has 0 unspecified atom stereocenters. The first-order valence-corrected chi connectivity index (χ1v) is 10.2. The van der Waals surface area contributed by atoms with E-state index in [1.54, 1.807) is 10.9 Å². The number of anilines is 3. The Bertz CT molecular complexity index is 1050. The summed E-state index contributed by atoms with van der Waals surface area (Å²) in [6, 6.07) is 12.0. The summed E-state index contributed by atoms with van der Waals surface area (Å²) in [7, 11) is 0. The number of aryl methyl sites for hydroxylation is 1. The van der Waals surface area contributed by atoms with Crippen LogP contribution in [0.4, 0.5) is 17.2 Å². The quantitative estimate of drug-likeness (QED) is 0.500. The molecule has 1 aliphatic carbocycles. The number of nitrogens with two attached hydrogens (primary N) is 2.